The summed E-state index contributed by atoms with van der Waals surface area (Å²) in [6.45, 7) is 1.30. The van der Waals surface area contributed by atoms with Crippen LogP contribution in [0.15, 0.2) is 0 Å². The normalized spacial score (nSPS) is 14.2. The van der Waals surface area contributed by atoms with Gasteiger partial charge in [-0.1, -0.05) is 0 Å². The quantitative estimate of drug-likeness (QED) is 0.122. The van der Waals surface area contributed by atoms with Gasteiger partial charge in [0.2, 0.25) is 17.7 Å². The lowest BCUT2D eigenvalue weighted by molar-refractivity contribution is -0.147. The number of carbonyl (C=O) groups excluding carboxylic acids is 3. The van der Waals surface area contributed by atoms with Crippen molar-refractivity contribution in [3.8, 4) is 0 Å². The number of hydrogen-bond donors (Lipinski definition) is 8. The molecular weight excluding hydrogens is 436 g/mol. The molecule has 15 nitrogen and oxygen atoms in total. The van der Waals surface area contributed by atoms with Crippen molar-refractivity contribution in [2.75, 3.05) is 0 Å². The van der Waals surface area contributed by atoms with Crippen molar-refractivity contribution in [3.05, 3.63) is 0 Å². The highest BCUT2D eigenvalue weighted by Gasteiger charge is 2.31. The third-order valence-electron chi connectivity index (χ3n) is 3.97. The monoisotopic (exact) mass is 462 g/mol. The Morgan fingerprint density at radius 3 is 1.34 bits per heavy atom. The van der Waals surface area contributed by atoms with Gasteiger partial charge in [0.05, 0.1) is 12.5 Å². The van der Waals surface area contributed by atoms with E-state index in [0.717, 1.165) is 0 Å². The molecule has 15 heteroatoms. The fraction of sp³-hybridized carbons (Fsp3) is 0.588. The van der Waals surface area contributed by atoms with Gasteiger partial charge < -0.3 is 42.1 Å². The molecule has 0 aromatic rings. The van der Waals surface area contributed by atoms with Crippen LogP contribution >= 0.6 is 0 Å². The minimum atomic E-state index is -1.86. The standard InChI is InChI=1S/C17H26N4O11/c1-7(18)14(28)19-8(2-4-11(22)23)15(29)20-9(3-5-12(24)25)16(30)21-10(17(31)32)6-13(26)27/h7-10H,2-6,18H2,1H3,(H,19,28)(H,20,29)(H,21,30)(H,22,23)(H,24,25)(H,26,27)(H,31,32). The van der Waals surface area contributed by atoms with Crippen LogP contribution in [-0.2, 0) is 33.6 Å². The summed E-state index contributed by atoms with van der Waals surface area (Å²) in [6.07, 6.45) is -3.03. The Hall–Kier alpha value is -3.75. The molecule has 0 aliphatic heterocycles. The molecule has 0 aliphatic carbocycles. The van der Waals surface area contributed by atoms with Gasteiger partial charge in [-0.2, -0.15) is 0 Å². The second kappa shape index (κ2) is 13.5. The van der Waals surface area contributed by atoms with Crippen molar-refractivity contribution in [2.24, 2.45) is 5.73 Å². The highest BCUT2D eigenvalue weighted by molar-refractivity contribution is 5.94. The number of hydrogen-bond acceptors (Lipinski definition) is 8. The van der Waals surface area contributed by atoms with Gasteiger partial charge in [-0.25, -0.2) is 4.79 Å². The first kappa shape index (κ1) is 28.2. The van der Waals surface area contributed by atoms with Gasteiger partial charge in [0, 0.05) is 12.8 Å². The molecule has 0 bridgehead atoms. The molecule has 4 atom stereocenters. The van der Waals surface area contributed by atoms with Gasteiger partial charge in [0.1, 0.15) is 18.1 Å². The minimum Gasteiger partial charge on any atom is -0.481 e. The Morgan fingerprint density at radius 2 is 1.03 bits per heavy atom. The maximum absolute atomic E-state index is 12.6. The van der Waals surface area contributed by atoms with Crippen molar-refractivity contribution in [1.29, 1.82) is 0 Å². The number of nitrogens with one attached hydrogen (secondary N) is 3. The van der Waals surface area contributed by atoms with Crippen molar-refractivity contribution in [2.45, 2.75) is 63.2 Å². The molecule has 0 aromatic heterocycles. The predicted octanol–water partition coefficient (Wildman–Crippen LogP) is -2.92. The number of carboxylic acid groups (broad SMARTS) is 4. The highest BCUT2D eigenvalue weighted by Crippen LogP contribution is 2.05. The zero-order chi connectivity index (χ0) is 25.0. The fourth-order valence-electron chi connectivity index (χ4n) is 2.30. The van der Waals surface area contributed by atoms with E-state index < -0.39 is 91.4 Å². The molecular formula is C17H26N4O11. The smallest absolute Gasteiger partial charge is 0.326 e. The maximum Gasteiger partial charge on any atom is 0.326 e. The number of nitrogens with two attached hydrogens (primary N) is 1. The summed E-state index contributed by atoms with van der Waals surface area (Å²) in [7, 11) is 0. The Kier molecular flexibility index (Phi) is 11.9. The molecule has 0 aromatic carbocycles. The van der Waals surface area contributed by atoms with Crippen LogP contribution in [0.5, 0.6) is 0 Å². The van der Waals surface area contributed by atoms with Gasteiger partial charge in [0.15, 0.2) is 0 Å². The largest absolute Gasteiger partial charge is 0.481 e. The predicted molar refractivity (Wildman–Crippen MR) is 103 cm³/mol. The molecule has 32 heavy (non-hydrogen) atoms. The Morgan fingerprint density at radius 1 is 0.656 bits per heavy atom. The molecule has 0 aliphatic rings. The topological polar surface area (TPSA) is 263 Å². The molecule has 9 N–H and O–H groups in total. The van der Waals surface area contributed by atoms with Crippen molar-refractivity contribution >= 4 is 41.6 Å². The van der Waals surface area contributed by atoms with E-state index in [9.17, 15) is 33.6 Å². The second-order valence-electron chi connectivity index (χ2n) is 6.77. The van der Waals surface area contributed by atoms with Gasteiger partial charge in [-0.15, -0.1) is 0 Å². The summed E-state index contributed by atoms with van der Waals surface area (Å²) in [5.41, 5.74) is 5.40. The first-order chi connectivity index (χ1) is 14.7. The van der Waals surface area contributed by atoms with E-state index >= 15 is 0 Å². The van der Waals surface area contributed by atoms with Gasteiger partial charge in [-0.05, 0) is 19.8 Å². The number of rotatable bonds is 15. The number of carboxylic acids is 4. The first-order valence-electron chi connectivity index (χ1n) is 9.29. The van der Waals surface area contributed by atoms with Crippen LogP contribution in [0.2, 0.25) is 0 Å². The minimum absolute atomic E-state index is 0.385. The Labute approximate surface area is 181 Å². The van der Waals surface area contributed by atoms with E-state index in [1.807, 2.05) is 5.32 Å². The molecule has 0 saturated heterocycles. The fourth-order valence-corrected chi connectivity index (χ4v) is 2.30. The summed E-state index contributed by atoms with van der Waals surface area (Å²) in [6, 6.07) is -5.97. The zero-order valence-corrected chi connectivity index (χ0v) is 17.1. The van der Waals surface area contributed by atoms with Crippen molar-refractivity contribution < 1.29 is 54.0 Å². The highest BCUT2D eigenvalue weighted by atomic mass is 16.4. The second-order valence-corrected chi connectivity index (χ2v) is 6.77. The van der Waals surface area contributed by atoms with E-state index in [4.69, 9.17) is 26.2 Å². The Bertz CT molecular complexity index is 753. The lowest BCUT2D eigenvalue weighted by Gasteiger charge is -2.24. The molecule has 180 valence electrons. The van der Waals surface area contributed by atoms with Crippen LogP contribution in [0, 0.1) is 0 Å². The van der Waals surface area contributed by atoms with Crippen molar-refractivity contribution in [3.63, 3.8) is 0 Å². The van der Waals surface area contributed by atoms with Crippen LogP contribution in [0.4, 0.5) is 0 Å². The molecule has 0 spiro atoms. The van der Waals surface area contributed by atoms with Gasteiger partial charge in [-0.3, -0.25) is 28.8 Å². The van der Waals surface area contributed by atoms with Crippen LogP contribution < -0.4 is 21.7 Å². The van der Waals surface area contributed by atoms with Crippen LogP contribution in [0.3, 0.4) is 0 Å². The summed E-state index contributed by atoms with van der Waals surface area (Å²) in [5, 5.41) is 41.7. The maximum atomic E-state index is 12.6. The Balaban J connectivity index is 5.56. The summed E-state index contributed by atoms with van der Waals surface area (Å²) in [4.78, 5) is 80.4. The zero-order valence-electron chi connectivity index (χ0n) is 17.1. The molecule has 0 heterocycles. The van der Waals surface area contributed by atoms with E-state index in [0.29, 0.717) is 0 Å². The van der Waals surface area contributed by atoms with Crippen LogP contribution in [0.1, 0.15) is 39.0 Å². The number of amides is 3. The summed E-state index contributed by atoms with van der Waals surface area (Å²) >= 11 is 0. The van der Waals surface area contributed by atoms with E-state index in [-0.39, 0.29) is 6.42 Å². The molecule has 3 amide bonds. The lowest BCUT2D eigenvalue weighted by atomic mass is 10.1. The molecule has 0 saturated carbocycles. The van der Waals surface area contributed by atoms with Crippen molar-refractivity contribution in [1.82, 2.24) is 16.0 Å². The molecule has 0 rings (SSSR count). The first-order valence-corrected chi connectivity index (χ1v) is 9.29. The summed E-state index contributed by atoms with van der Waals surface area (Å²) in [5.74, 6) is -8.85. The van der Waals surface area contributed by atoms with E-state index in [1.54, 1.807) is 0 Å². The average molecular weight is 462 g/mol. The van der Waals surface area contributed by atoms with E-state index in [1.165, 1.54) is 6.92 Å². The van der Waals surface area contributed by atoms with Gasteiger partial charge in [0.25, 0.3) is 0 Å². The van der Waals surface area contributed by atoms with Crippen LogP contribution in [-0.4, -0.2) is 86.2 Å². The summed E-state index contributed by atoms with van der Waals surface area (Å²) < 4.78 is 0. The van der Waals surface area contributed by atoms with E-state index in [2.05, 4.69) is 10.6 Å². The SMILES string of the molecule is CC(N)C(=O)NC(CCC(=O)O)C(=O)NC(CCC(=O)O)C(=O)NC(CC(=O)O)C(=O)O. The molecule has 4 unspecified atom stereocenters. The van der Waals surface area contributed by atoms with Gasteiger partial charge >= 0.3 is 23.9 Å². The number of carbonyl (C=O) groups is 7. The average Bonchev–Trinajstić information content (AvgIpc) is 2.66. The molecule has 0 fully saturated rings. The molecule has 0 radical (unpaired) electrons. The lowest BCUT2D eigenvalue weighted by Crippen LogP contribution is -2.57. The number of aliphatic carboxylic acids is 4. The van der Waals surface area contributed by atoms with Crippen LogP contribution in [0.25, 0.3) is 0 Å². The third-order valence-corrected chi connectivity index (χ3v) is 3.97. The third kappa shape index (κ3) is 11.4.